The molecule has 0 saturated carbocycles. The molecule has 0 heterocycles. The Bertz CT molecular complexity index is 597. The number of hydrogen-bond acceptors (Lipinski definition) is 3. The molecule has 2 aromatic rings. The molecule has 1 N–H and O–H groups in total. The molecule has 0 unspecified atom stereocenters. The number of nitro benzene ring substituents is 1. The molecule has 0 amide bonds. The minimum Gasteiger partial charge on any atom is -0.380 e. The van der Waals surface area contributed by atoms with Crippen LogP contribution in [-0.2, 0) is 6.54 Å². The molecule has 5 heteroatoms. The Morgan fingerprint density at radius 2 is 1.89 bits per heavy atom. The number of benzene rings is 2. The summed E-state index contributed by atoms with van der Waals surface area (Å²) in [6.07, 6.45) is 0. The third-order valence-electron chi connectivity index (χ3n) is 2.76. The number of aryl methyl sites for hydroxylation is 1. The van der Waals surface area contributed by atoms with E-state index >= 15 is 0 Å². The fourth-order valence-electron chi connectivity index (χ4n) is 1.67. The second kappa shape index (κ2) is 5.84. The fourth-order valence-corrected chi connectivity index (χ4v) is 2.05. The van der Waals surface area contributed by atoms with Crippen LogP contribution in [0.25, 0.3) is 0 Å². The van der Waals surface area contributed by atoms with Crippen molar-refractivity contribution in [3.8, 4) is 0 Å². The van der Waals surface area contributed by atoms with Gasteiger partial charge in [-0.2, -0.15) is 0 Å². The van der Waals surface area contributed by atoms with Gasteiger partial charge in [0.05, 0.1) is 10.6 Å². The molecule has 4 nitrogen and oxygen atoms in total. The standard InChI is InChI=1S/C14H13BrN2O2/c1-10-2-4-11(5-3-10)9-16-14-8-12(17(18)19)6-7-13(14)15/h2-8,16H,9H2,1H3. The van der Waals surface area contributed by atoms with Gasteiger partial charge in [0.1, 0.15) is 0 Å². The lowest BCUT2D eigenvalue weighted by Crippen LogP contribution is -2.01. The van der Waals surface area contributed by atoms with Gasteiger partial charge in [0, 0.05) is 23.2 Å². The first kappa shape index (κ1) is 13.5. The highest BCUT2D eigenvalue weighted by Gasteiger charge is 2.09. The van der Waals surface area contributed by atoms with Crippen LogP contribution in [0.4, 0.5) is 11.4 Å². The van der Waals surface area contributed by atoms with Crippen LogP contribution in [0.1, 0.15) is 11.1 Å². The Labute approximate surface area is 119 Å². The quantitative estimate of drug-likeness (QED) is 0.675. The molecule has 0 saturated heterocycles. The summed E-state index contributed by atoms with van der Waals surface area (Å²) in [6.45, 7) is 2.66. The second-order valence-electron chi connectivity index (χ2n) is 4.26. The fraction of sp³-hybridized carbons (Fsp3) is 0.143. The summed E-state index contributed by atoms with van der Waals surface area (Å²) in [4.78, 5) is 10.3. The normalized spacial score (nSPS) is 10.2. The highest BCUT2D eigenvalue weighted by Crippen LogP contribution is 2.27. The number of nitrogens with zero attached hydrogens (tertiary/aromatic N) is 1. The third-order valence-corrected chi connectivity index (χ3v) is 3.46. The zero-order valence-corrected chi connectivity index (χ0v) is 12.0. The number of halogens is 1. The molecular formula is C14H13BrN2O2. The molecule has 19 heavy (non-hydrogen) atoms. The van der Waals surface area contributed by atoms with Gasteiger partial charge in [0.2, 0.25) is 0 Å². The van der Waals surface area contributed by atoms with Crippen LogP contribution in [0.2, 0.25) is 0 Å². The minimum absolute atomic E-state index is 0.0783. The van der Waals surface area contributed by atoms with Crippen LogP contribution in [0.3, 0.4) is 0 Å². The van der Waals surface area contributed by atoms with Gasteiger partial charge < -0.3 is 5.32 Å². The van der Waals surface area contributed by atoms with E-state index in [1.54, 1.807) is 6.07 Å². The third kappa shape index (κ3) is 3.54. The van der Waals surface area contributed by atoms with Crippen molar-refractivity contribution in [1.82, 2.24) is 0 Å². The van der Waals surface area contributed by atoms with E-state index in [9.17, 15) is 10.1 Å². The first-order valence-corrected chi connectivity index (χ1v) is 6.59. The molecule has 0 aliphatic heterocycles. The largest absolute Gasteiger partial charge is 0.380 e. The molecule has 0 aromatic heterocycles. The van der Waals surface area contributed by atoms with Gasteiger partial charge in [-0.3, -0.25) is 10.1 Å². The SMILES string of the molecule is Cc1ccc(CNc2cc([N+](=O)[O-])ccc2Br)cc1. The lowest BCUT2D eigenvalue weighted by molar-refractivity contribution is -0.384. The topological polar surface area (TPSA) is 55.2 Å². The van der Waals surface area contributed by atoms with Crippen LogP contribution in [0, 0.1) is 17.0 Å². The average Bonchev–Trinajstić information content (AvgIpc) is 2.39. The van der Waals surface area contributed by atoms with Crippen LogP contribution >= 0.6 is 15.9 Å². The van der Waals surface area contributed by atoms with Crippen molar-refractivity contribution in [1.29, 1.82) is 0 Å². The maximum Gasteiger partial charge on any atom is 0.271 e. The van der Waals surface area contributed by atoms with Gasteiger partial charge in [0.15, 0.2) is 0 Å². The minimum atomic E-state index is -0.399. The van der Waals surface area contributed by atoms with Crippen molar-refractivity contribution >= 4 is 27.3 Å². The van der Waals surface area contributed by atoms with Gasteiger partial charge in [-0.15, -0.1) is 0 Å². The van der Waals surface area contributed by atoms with Crippen LogP contribution < -0.4 is 5.32 Å². The Balaban J connectivity index is 2.12. The highest BCUT2D eigenvalue weighted by atomic mass is 79.9. The summed E-state index contributed by atoms with van der Waals surface area (Å²) in [5, 5.41) is 13.9. The smallest absolute Gasteiger partial charge is 0.271 e. The molecule has 0 bridgehead atoms. The number of nitro groups is 1. The van der Waals surface area contributed by atoms with E-state index in [1.165, 1.54) is 17.7 Å². The second-order valence-corrected chi connectivity index (χ2v) is 5.11. The van der Waals surface area contributed by atoms with Gasteiger partial charge in [-0.25, -0.2) is 0 Å². The van der Waals surface area contributed by atoms with Gasteiger partial charge in [0.25, 0.3) is 5.69 Å². The highest BCUT2D eigenvalue weighted by molar-refractivity contribution is 9.10. The maximum atomic E-state index is 10.7. The predicted octanol–water partition coefficient (Wildman–Crippen LogP) is 4.28. The van der Waals surface area contributed by atoms with Crippen LogP contribution in [0.5, 0.6) is 0 Å². The van der Waals surface area contributed by atoms with Crippen molar-refractivity contribution < 1.29 is 4.92 Å². The van der Waals surface area contributed by atoms with Crippen LogP contribution in [0.15, 0.2) is 46.9 Å². The first-order valence-electron chi connectivity index (χ1n) is 5.79. The summed E-state index contributed by atoms with van der Waals surface area (Å²) in [7, 11) is 0. The molecule has 98 valence electrons. The number of non-ortho nitro benzene ring substituents is 1. The zero-order chi connectivity index (χ0) is 13.8. The predicted molar refractivity (Wildman–Crippen MR) is 79.3 cm³/mol. The van der Waals surface area contributed by atoms with E-state index in [1.807, 2.05) is 31.2 Å². The van der Waals surface area contributed by atoms with E-state index in [4.69, 9.17) is 0 Å². The Morgan fingerprint density at radius 1 is 1.21 bits per heavy atom. The number of nitrogens with one attached hydrogen (secondary N) is 1. The van der Waals surface area contributed by atoms with Crippen LogP contribution in [-0.4, -0.2) is 4.92 Å². The number of anilines is 1. The van der Waals surface area contributed by atoms with Crippen molar-refractivity contribution in [2.24, 2.45) is 0 Å². The summed E-state index contributed by atoms with van der Waals surface area (Å²) < 4.78 is 0.810. The number of rotatable bonds is 4. The summed E-state index contributed by atoms with van der Waals surface area (Å²) in [5.41, 5.74) is 3.13. The molecule has 0 radical (unpaired) electrons. The molecule has 2 rings (SSSR count). The first-order chi connectivity index (χ1) is 9.06. The van der Waals surface area contributed by atoms with Gasteiger partial charge in [-0.1, -0.05) is 29.8 Å². The summed E-state index contributed by atoms with van der Waals surface area (Å²) in [6, 6.07) is 12.8. The molecule has 2 aromatic carbocycles. The van der Waals surface area contributed by atoms with E-state index in [-0.39, 0.29) is 5.69 Å². The van der Waals surface area contributed by atoms with E-state index in [2.05, 4.69) is 21.2 Å². The van der Waals surface area contributed by atoms with E-state index in [0.717, 1.165) is 15.7 Å². The van der Waals surface area contributed by atoms with Crippen molar-refractivity contribution in [2.45, 2.75) is 13.5 Å². The molecule has 0 atom stereocenters. The van der Waals surface area contributed by atoms with Gasteiger partial charge in [-0.05, 0) is 34.5 Å². The Kier molecular flexibility index (Phi) is 4.16. The molecular weight excluding hydrogens is 308 g/mol. The lowest BCUT2D eigenvalue weighted by Gasteiger charge is -2.08. The Hall–Kier alpha value is -1.88. The lowest BCUT2D eigenvalue weighted by atomic mass is 10.1. The molecule has 0 fully saturated rings. The van der Waals surface area contributed by atoms with Crippen molar-refractivity contribution in [2.75, 3.05) is 5.32 Å². The van der Waals surface area contributed by atoms with E-state index in [0.29, 0.717) is 6.54 Å². The van der Waals surface area contributed by atoms with Crippen molar-refractivity contribution in [3.05, 3.63) is 68.2 Å². The Morgan fingerprint density at radius 3 is 2.53 bits per heavy atom. The molecule has 0 spiro atoms. The average molecular weight is 321 g/mol. The monoisotopic (exact) mass is 320 g/mol. The van der Waals surface area contributed by atoms with Crippen molar-refractivity contribution in [3.63, 3.8) is 0 Å². The maximum absolute atomic E-state index is 10.7. The summed E-state index contributed by atoms with van der Waals surface area (Å²) in [5.74, 6) is 0. The molecule has 0 aliphatic carbocycles. The molecule has 0 aliphatic rings. The zero-order valence-electron chi connectivity index (χ0n) is 10.4. The number of hydrogen-bond donors (Lipinski definition) is 1. The van der Waals surface area contributed by atoms with E-state index < -0.39 is 4.92 Å². The van der Waals surface area contributed by atoms with Gasteiger partial charge >= 0.3 is 0 Å². The summed E-state index contributed by atoms with van der Waals surface area (Å²) >= 11 is 3.38.